The minimum atomic E-state index is -3.05. The summed E-state index contributed by atoms with van der Waals surface area (Å²) in [6.07, 6.45) is 0. The lowest BCUT2D eigenvalue weighted by Crippen LogP contribution is -2.09. The maximum Gasteiger partial charge on any atom is 0.387 e. The molecule has 1 rings (SSSR count). The highest BCUT2D eigenvalue weighted by Crippen LogP contribution is 2.34. The molecule has 0 aromatic heterocycles. The van der Waals surface area contributed by atoms with Crippen molar-refractivity contribution in [1.29, 1.82) is 0 Å². The molecule has 0 N–H and O–H groups in total. The van der Waals surface area contributed by atoms with Crippen molar-refractivity contribution in [3.8, 4) is 11.5 Å². The molecule has 0 fully saturated rings. The number of methoxy groups -OCH3 is 3. The Morgan fingerprint density at radius 3 is 2.15 bits per heavy atom. The van der Waals surface area contributed by atoms with E-state index in [1.165, 1.54) is 27.4 Å². The zero-order valence-corrected chi connectivity index (χ0v) is 11.2. The van der Waals surface area contributed by atoms with Crippen molar-refractivity contribution in [2.75, 3.05) is 21.3 Å². The summed E-state index contributed by atoms with van der Waals surface area (Å²) in [4.78, 5) is 11.7. The lowest BCUT2D eigenvalue weighted by Gasteiger charge is -2.15. The van der Waals surface area contributed by atoms with Gasteiger partial charge in [0.2, 0.25) is 0 Å². The Bertz CT molecular complexity index is 514. The minimum absolute atomic E-state index is 0.0178. The first kappa shape index (κ1) is 15.7. The molecule has 0 atom stereocenters. The molecule has 0 saturated carbocycles. The van der Waals surface area contributed by atoms with Gasteiger partial charge >= 0.3 is 12.6 Å². The molecule has 0 aliphatic heterocycles. The Morgan fingerprint density at radius 1 is 1.10 bits per heavy atom. The number of rotatable bonds is 6. The molecule has 0 spiro atoms. The van der Waals surface area contributed by atoms with Crippen molar-refractivity contribution in [1.82, 2.24) is 0 Å². The van der Waals surface area contributed by atoms with E-state index in [1.807, 2.05) is 0 Å². The number of hydrogen-bond donors (Lipinski definition) is 0. The van der Waals surface area contributed by atoms with Gasteiger partial charge in [-0.25, -0.2) is 4.79 Å². The van der Waals surface area contributed by atoms with Crippen LogP contribution in [-0.4, -0.2) is 33.9 Å². The molecule has 0 aliphatic rings. The maximum absolute atomic E-state index is 12.3. The lowest BCUT2D eigenvalue weighted by molar-refractivity contribution is -0.0513. The number of ether oxygens (including phenoxy) is 4. The van der Waals surface area contributed by atoms with Crippen LogP contribution in [0, 0.1) is 0 Å². The third-order valence-electron chi connectivity index (χ3n) is 2.47. The van der Waals surface area contributed by atoms with E-state index in [0.29, 0.717) is 0 Å². The van der Waals surface area contributed by atoms with Crippen molar-refractivity contribution in [3.63, 3.8) is 0 Å². The van der Waals surface area contributed by atoms with Crippen molar-refractivity contribution < 1.29 is 32.5 Å². The molecule has 0 aliphatic carbocycles. The Labute approximate surface area is 114 Å². The van der Waals surface area contributed by atoms with E-state index >= 15 is 0 Å². The summed E-state index contributed by atoms with van der Waals surface area (Å²) in [6, 6.07) is 2.41. The minimum Gasteiger partial charge on any atom is -0.497 e. The number of carbonyl (C=O) groups is 1. The molecule has 110 valence electrons. The molecule has 0 unspecified atom stereocenters. The maximum atomic E-state index is 12.3. The van der Waals surface area contributed by atoms with Gasteiger partial charge in [-0.15, -0.1) is 0 Å². The molecule has 0 heterocycles. The molecular formula is C13H14F2O5. The normalized spacial score (nSPS) is 10.1. The number of esters is 1. The van der Waals surface area contributed by atoms with E-state index in [9.17, 15) is 13.6 Å². The van der Waals surface area contributed by atoms with Crippen LogP contribution in [0.4, 0.5) is 8.78 Å². The summed E-state index contributed by atoms with van der Waals surface area (Å²) in [5.41, 5.74) is 0.244. The monoisotopic (exact) mass is 288 g/mol. The standard InChI is InChI=1S/C13H14F2O5/c1-7(17-2)8-5-10(18-3)11(20-13(14)15)6-9(8)12(16)19-4/h5-6,13H,1H2,2-4H3. The first-order chi connectivity index (χ1) is 9.44. The zero-order chi connectivity index (χ0) is 15.3. The van der Waals surface area contributed by atoms with Gasteiger partial charge in [-0.3, -0.25) is 0 Å². The van der Waals surface area contributed by atoms with Gasteiger partial charge in [-0.2, -0.15) is 8.78 Å². The summed E-state index contributed by atoms with van der Waals surface area (Å²) in [5.74, 6) is -0.839. The summed E-state index contributed by atoms with van der Waals surface area (Å²) in [6.45, 7) is 0.562. The van der Waals surface area contributed by atoms with Gasteiger partial charge in [0.25, 0.3) is 0 Å². The molecule has 1 aromatic rings. The van der Waals surface area contributed by atoms with E-state index in [-0.39, 0.29) is 28.4 Å². The van der Waals surface area contributed by atoms with Gasteiger partial charge in [0.1, 0.15) is 5.76 Å². The number of halogens is 2. The van der Waals surface area contributed by atoms with E-state index in [0.717, 1.165) is 6.07 Å². The molecule has 7 heteroatoms. The molecule has 0 radical (unpaired) electrons. The predicted octanol–water partition coefficient (Wildman–Crippen LogP) is 2.70. The van der Waals surface area contributed by atoms with Crippen molar-refractivity contribution >= 4 is 11.7 Å². The SMILES string of the molecule is C=C(OC)c1cc(OC)c(OC(F)F)cc1C(=O)OC. The fraction of sp³-hybridized carbons (Fsp3) is 0.308. The van der Waals surface area contributed by atoms with Crippen LogP contribution < -0.4 is 9.47 Å². The lowest BCUT2D eigenvalue weighted by atomic mass is 10.0. The molecular weight excluding hydrogens is 274 g/mol. The zero-order valence-electron chi connectivity index (χ0n) is 11.2. The van der Waals surface area contributed by atoms with Crippen LogP contribution in [0.3, 0.4) is 0 Å². The summed E-state index contributed by atoms with van der Waals surface area (Å²) in [5, 5.41) is 0. The second kappa shape index (κ2) is 6.74. The van der Waals surface area contributed by atoms with Crippen molar-refractivity contribution in [2.45, 2.75) is 6.61 Å². The quantitative estimate of drug-likeness (QED) is 0.595. The fourth-order valence-corrected chi connectivity index (χ4v) is 1.53. The van der Waals surface area contributed by atoms with Gasteiger partial charge in [-0.1, -0.05) is 6.58 Å². The smallest absolute Gasteiger partial charge is 0.387 e. The Morgan fingerprint density at radius 2 is 1.70 bits per heavy atom. The topological polar surface area (TPSA) is 54.0 Å². The third kappa shape index (κ3) is 3.37. The fourth-order valence-electron chi connectivity index (χ4n) is 1.53. The number of carbonyl (C=O) groups excluding carboxylic acids is 1. The van der Waals surface area contributed by atoms with E-state index in [4.69, 9.17) is 9.47 Å². The molecule has 0 saturated heterocycles. The number of alkyl halides is 2. The highest BCUT2D eigenvalue weighted by Gasteiger charge is 2.21. The van der Waals surface area contributed by atoms with Gasteiger partial charge < -0.3 is 18.9 Å². The van der Waals surface area contributed by atoms with Gasteiger partial charge in [0.05, 0.1) is 26.9 Å². The Balaban J connectivity index is 3.44. The van der Waals surface area contributed by atoms with Crippen LogP contribution in [0.15, 0.2) is 18.7 Å². The van der Waals surface area contributed by atoms with Crippen LogP contribution in [-0.2, 0) is 9.47 Å². The molecule has 0 bridgehead atoms. The predicted molar refractivity (Wildman–Crippen MR) is 67.0 cm³/mol. The van der Waals surface area contributed by atoms with Gasteiger partial charge in [0, 0.05) is 5.56 Å². The van der Waals surface area contributed by atoms with Gasteiger partial charge in [0.15, 0.2) is 11.5 Å². The highest BCUT2D eigenvalue weighted by atomic mass is 19.3. The first-order valence-corrected chi connectivity index (χ1v) is 5.43. The van der Waals surface area contributed by atoms with Crippen molar-refractivity contribution in [3.05, 3.63) is 29.8 Å². The number of hydrogen-bond acceptors (Lipinski definition) is 5. The Kier molecular flexibility index (Phi) is 5.31. The van der Waals surface area contributed by atoms with Crippen LogP contribution >= 0.6 is 0 Å². The molecule has 5 nitrogen and oxygen atoms in total. The summed E-state index contributed by atoms with van der Waals surface area (Å²) >= 11 is 0. The highest BCUT2D eigenvalue weighted by molar-refractivity contribution is 5.95. The average molecular weight is 288 g/mol. The summed E-state index contributed by atoms with van der Waals surface area (Å²) < 4.78 is 43.5. The second-order valence-electron chi connectivity index (χ2n) is 3.55. The van der Waals surface area contributed by atoms with Gasteiger partial charge in [-0.05, 0) is 12.1 Å². The summed E-state index contributed by atoms with van der Waals surface area (Å²) in [7, 11) is 3.81. The van der Waals surface area contributed by atoms with Crippen molar-refractivity contribution in [2.24, 2.45) is 0 Å². The molecule has 20 heavy (non-hydrogen) atoms. The van der Waals surface area contributed by atoms with Crippen LogP contribution in [0.25, 0.3) is 5.76 Å². The van der Waals surface area contributed by atoms with Crippen LogP contribution in [0.2, 0.25) is 0 Å². The first-order valence-electron chi connectivity index (χ1n) is 5.43. The van der Waals surface area contributed by atoms with Crippen LogP contribution in [0.1, 0.15) is 15.9 Å². The van der Waals surface area contributed by atoms with E-state index in [1.54, 1.807) is 0 Å². The Hall–Kier alpha value is -2.31. The second-order valence-corrected chi connectivity index (χ2v) is 3.55. The molecule has 0 amide bonds. The van der Waals surface area contributed by atoms with E-state index in [2.05, 4.69) is 16.1 Å². The number of benzene rings is 1. The van der Waals surface area contributed by atoms with Crippen LogP contribution in [0.5, 0.6) is 11.5 Å². The third-order valence-corrected chi connectivity index (χ3v) is 2.47. The van der Waals surface area contributed by atoms with E-state index < -0.39 is 12.6 Å². The molecule has 1 aromatic carbocycles. The largest absolute Gasteiger partial charge is 0.497 e. The average Bonchev–Trinajstić information content (AvgIpc) is 2.44.